The van der Waals surface area contributed by atoms with Gasteiger partial charge in [0.05, 0.1) is 17.6 Å². The molecule has 0 aliphatic rings. The van der Waals surface area contributed by atoms with E-state index in [1.807, 2.05) is 10.9 Å². The third kappa shape index (κ3) is 2.09. The number of aromatic nitrogens is 3. The lowest BCUT2D eigenvalue weighted by molar-refractivity contribution is 0.795. The average Bonchev–Trinajstić information content (AvgIpc) is 2.70. The average molecular weight is 266 g/mol. The molecule has 1 aromatic heterocycles. The Morgan fingerprint density at radius 3 is 2.80 bits per heavy atom. The Kier molecular flexibility index (Phi) is 2.86. The van der Waals surface area contributed by atoms with E-state index in [9.17, 15) is 0 Å². The molecule has 0 amide bonds. The summed E-state index contributed by atoms with van der Waals surface area (Å²) < 4.78 is 1.82. The Hall–Kier alpha value is -1.16. The second-order valence-corrected chi connectivity index (χ2v) is 4.14. The van der Waals surface area contributed by atoms with Crippen molar-refractivity contribution in [1.82, 2.24) is 15.0 Å². The molecule has 15 heavy (non-hydrogen) atoms. The fraction of sp³-hybridized carbons (Fsp3) is 0.273. The van der Waals surface area contributed by atoms with Gasteiger partial charge < -0.3 is 0 Å². The predicted molar refractivity (Wildman–Crippen MR) is 63.5 cm³/mol. The number of hydrogen-bond acceptors (Lipinski definition) is 2. The van der Waals surface area contributed by atoms with E-state index in [0.717, 1.165) is 16.7 Å². The maximum Gasteiger partial charge on any atom is 0.0937 e. The Morgan fingerprint density at radius 1 is 1.33 bits per heavy atom. The Labute approximate surface area is 97.2 Å². The maximum atomic E-state index is 4.10. The van der Waals surface area contributed by atoms with E-state index in [1.165, 1.54) is 11.1 Å². The lowest BCUT2D eigenvalue weighted by atomic mass is 10.1. The third-order valence-electron chi connectivity index (χ3n) is 2.29. The SMILES string of the molecule is Cc1ccc(C)c(-n2cc(CBr)nn2)c1. The van der Waals surface area contributed by atoms with Crippen LogP contribution in [0.25, 0.3) is 5.69 Å². The van der Waals surface area contributed by atoms with Crippen LogP contribution in [0.3, 0.4) is 0 Å². The van der Waals surface area contributed by atoms with Gasteiger partial charge >= 0.3 is 0 Å². The molecule has 3 nitrogen and oxygen atoms in total. The van der Waals surface area contributed by atoms with Crippen molar-refractivity contribution in [2.24, 2.45) is 0 Å². The van der Waals surface area contributed by atoms with Gasteiger partial charge in [-0.1, -0.05) is 33.3 Å². The first-order chi connectivity index (χ1) is 7.20. The highest BCUT2D eigenvalue weighted by Crippen LogP contribution is 2.15. The molecule has 1 aromatic carbocycles. The molecular weight excluding hydrogens is 254 g/mol. The van der Waals surface area contributed by atoms with Crippen molar-refractivity contribution in [2.75, 3.05) is 0 Å². The van der Waals surface area contributed by atoms with E-state index in [0.29, 0.717) is 0 Å². The van der Waals surface area contributed by atoms with E-state index in [1.54, 1.807) is 0 Å². The molecule has 0 unspecified atom stereocenters. The van der Waals surface area contributed by atoms with Crippen LogP contribution >= 0.6 is 15.9 Å². The first-order valence-corrected chi connectivity index (χ1v) is 5.87. The van der Waals surface area contributed by atoms with Crippen LogP contribution in [0.1, 0.15) is 16.8 Å². The number of nitrogens with zero attached hydrogens (tertiary/aromatic N) is 3. The van der Waals surface area contributed by atoms with Gasteiger partial charge in [0.25, 0.3) is 0 Å². The fourth-order valence-electron chi connectivity index (χ4n) is 1.44. The van der Waals surface area contributed by atoms with Gasteiger partial charge in [-0.3, -0.25) is 0 Å². The van der Waals surface area contributed by atoms with E-state index < -0.39 is 0 Å². The minimum absolute atomic E-state index is 0.734. The summed E-state index contributed by atoms with van der Waals surface area (Å²) in [6.45, 7) is 4.15. The van der Waals surface area contributed by atoms with Crippen LogP contribution in [0, 0.1) is 13.8 Å². The first-order valence-electron chi connectivity index (χ1n) is 4.75. The summed E-state index contributed by atoms with van der Waals surface area (Å²) in [5.74, 6) is 0. The van der Waals surface area contributed by atoms with Crippen LogP contribution in [0.2, 0.25) is 0 Å². The standard InChI is InChI=1S/C11H12BrN3/c1-8-3-4-9(2)11(5-8)15-7-10(6-12)13-14-15/h3-5,7H,6H2,1-2H3. The number of aryl methyl sites for hydroxylation is 2. The largest absolute Gasteiger partial charge is 0.220 e. The molecule has 0 aliphatic heterocycles. The topological polar surface area (TPSA) is 30.7 Å². The Balaban J connectivity index is 2.48. The van der Waals surface area contributed by atoms with Gasteiger partial charge in [0.15, 0.2) is 0 Å². The van der Waals surface area contributed by atoms with Gasteiger partial charge in [-0.15, -0.1) is 5.10 Å². The molecule has 0 N–H and O–H groups in total. The van der Waals surface area contributed by atoms with Crippen LogP contribution in [-0.2, 0) is 5.33 Å². The molecular formula is C11H12BrN3. The van der Waals surface area contributed by atoms with Crippen molar-refractivity contribution in [2.45, 2.75) is 19.2 Å². The van der Waals surface area contributed by atoms with Gasteiger partial charge in [0.1, 0.15) is 0 Å². The molecule has 4 heteroatoms. The zero-order valence-electron chi connectivity index (χ0n) is 8.74. The minimum atomic E-state index is 0.734. The number of alkyl halides is 1. The first kappa shape index (κ1) is 10.4. The Bertz CT molecular complexity index is 476. The predicted octanol–water partition coefficient (Wildman–Crippen LogP) is 2.78. The van der Waals surface area contributed by atoms with Crippen molar-refractivity contribution in [3.05, 3.63) is 41.2 Å². The Morgan fingerprint density at radius 2 is 2.13 bits per heavy atom. The van der Waals surface area contributed by atoms with Crippen LogP contribution in [0.15, 0.2) is 24.4 Å². The lowest BCUT2D eigenvalue weighted by Gasteiger charge is -2.05. The fourth-order valence-corrected chi connectivity index (χ4v) is 1.70. The van der Waals surface area contributed by atoms with Crippen LogP contribution in [0.5, 0.6) is 0 Å². The van der Waals surface area contributed by atoms with Crippen molar-refractivity contribution in [3.8, 4) is 5.69 Å². The normalized spacial score (nSPS) is 10.6. The van der Waals surface area contributed by atoms with E-state index in [4.69, 9.17) is 0 Å². The molecule has 78 valence electrons. The number of benzene rings is 1. The zero-order valence-corrected chi connectivity index (χ0v) is 10.3. The molecule has 0 atom stereocenters. The van der Waals surface area contributed by atoms with Crippen molar-refractivity contribution >= 4 is 15.9 Å². The molecule has 2 aromatic rings. The van der Waals surface area contributed by atoms with Gasteiger partial charge in [0.2, 0.25) is 0 Å². The molecule has 0 fully saturated rings. The third-order valence-corrected chi connectivity index (χ3v) is 2.86. The molecule has 0 bridgehead atoms. The molecule has 0 saturated heterocycles. The quantitative estimate of drug-likeness (QED) is 0.782. The second-order valence-electron chi connectivity index (χ2n) is 3.58. The summed E-state index contributed by atoms with van der Waals surface area (Å²) >= 11 is 3.36. The van der Waals surface area contributed by atoms with Crippen molar-refractivity contribution in [3.63, 3.8) is 0 Å². The molecule has 0 saturated carbocycles. The van der Waals surface area contributed by atoms with E-state index in [-0.39, 0.29) is 0 Å². The van der Waals surface area contributed by atoms with Crippen LogP contribution in [-0.4, -0.2) is 15.0 Å². The maximum absolute atomic E-state index is 4.10. The van der Waals surface area contributed by atoms with Gasteiger partial charge in [-0.05, 0) is 31.0 Å². The molecule has 0 radical (unpaired) electrons. The summed E-state index contributed by atoms with van der Waals surface area (Å²) in [4.78, 5) is 0. The second kappa shape index (κ2) is 4.14. The molecule has 2 rings (SSSR count). The molecule has 1 heterocycles. The van der Waals surface area contributed by atoms with Gasteiger partial charge in [0, 0.05) is 5.33 Å². The number of hydrogen-bond donors (Lipinski definition) is 0. The van der Waals surface area contributed by atoms with Gasteiger partial charge in [-0.25, -0.2) is 4.68 Å². The van der Waals surface area contributed by atoms with Crippen molar-refractivity contribution in [1.29, 1.82) is 0 Å². The highest BCUT2D eigenvalue weighted by atomic mass is 79.9. The van der Waals surface area contributed by atoms with E-state index in [2.05, 4.69) is 58.3 Å². The molecule has 0 aliphatic carbocycles. The summed E-state index contributed by atoms with van der Waals surface area (Å²) in [6, 6.07) is 6.31. The number of halogens is 1. The monoisotopic (exact) mass is 265 g/mol. The highest BCUT2D eigenvalue weighted by molar-refractivity contribution is 9.08. The van der Waals surface area contributed by atoms with Crippen LogP contribution in [0.4, 0.5) is 0 Å². The highest BCUT2D eigenvalue weighted by Gasteiger charge is 2.04. The minimum Gasteiger partial charge on any atom is -0.220 e. The summed E-state index contributed by atoms with van der Waals surface area (Å²) in [7, 11) is 0. The smallest absolute Gasteiger partial charge is 0.0937 e. The van der Waals surface area contributed by atoms with E-state index >= 15 is 0 Å². The van der Waals surface area contributed by atoms with Crippen LogP contribution < -0.4 is 0 Å². The summed E-state index contributed by atoms with van der Waals surface area (Å²) in [5.41, 5.74) is 4.46. The lowest BCUT2D eigenvalue weighted by Crippen LogP contribution is -1.98. The summed E-state index contributed by atoms with van der Waals surface area (Å²) in [5, 5.41) is 8.88. The van der Waals surface area contributed by atoms with Gasteiger partial charge in [-0.2, -0.15) is 0 Å². The zero-order chi connectivity index (χ0) is 10.8. The summed E-state index contributed by atoms with van der Waals surface area (Å²) in [6.07, 6.45) is 1.94. The van der Waals surface area contributed by atoms with Crippen molar-refractivity contribution < 1.29 is 0 Å². The number of rotatable bonds is 2. The molecule has 0 spiro atoms.